The first kappa shape index (κ1) is 22.5. The zero-order valence-corrected chi connectivity index (χ0v) is 12.0. The summed E-state index contributed by atoms with van der Waals surface area (Å²) in [6.45, 7) is 0. The standard InChI is InChI=1S/C12H2F8.2CHNO/c13-4-2-1-3(6(14)7(4)15)5-8(16)10(18)12(20)11(19)9(5)17;2*2-1-3/h1-2H;2*3H. The van der Waals surface area contributed by atoms with Gasteiger partial charge in [-0.1, -0.05) is 0 Å². The maximum atomic E-state index is 13.4. The van der Waals surface area contributed by atoms with Crippen molar-refractivity contribution in [2.75, 3.05) is 0 Å². The van der Waals surface area contributed by atoms with Gasteiger partial charge in [-0.2, -0.15) is 10.5 Å². The van der Waals surface area contributed by atoms with Gasteiger partial charge in [-0.25, -0.2) is 35.1 Å². The van der Waals surface area contributed by atoms with Crippen LogP contribution in [0.1, 0.15) is 0 Å². The second kappa shape index (κ2) is 9.68. The minimum atomic E-state index is -2.44. The summed E-state index contributed by atoms with van der Waals surface area (Å²) in [7, 11) is 0. The van der Waals surface area contributed by atoms with E-state index in [0.717, 1.165) is 12.5 Å². The summed E-state index contributed by atoms with van der Waals surface area (Å²) >= 11 is 0. The van der Waals surface area contributed by atoms with Gasteiger partial charge in [0.1, 0.15) is 0 Å². The minimum absolute atomic E-state index is 0.297. The van der Waals surface area contributed by atoms with Crippen LogP contribution in [0.5, 0.6) is 0 Å². The number of hydrogen-bond donors (Lipinski definition) is 2. The number of benzene rings is 2. The van der Waals surface area contributed by atoms with E-state index in [1.54, 1.807) is 0 Å². The summed E-state index contributed by atoms with van der Waals surface area (Å²) in [5, 5.41) is 27.5. The average Bonchev–Trinajstić information content (AvgIpc) is 2.59. The number of aliphatic hydroxyl groups is 2. The van der Waals surface area contributed by atoms with Crippen LogP contribution in [0.4, 0.5) is 35.1 Å². The molecule has 0 aromatic heterocycles. The van der Waals surface area contributed by atoms with Gasteiger partial charge in [-0.3, -0.25) is 0 Å². The molecule has 0 bridgehead atoms. The van der Waals surface area contributed by atoms with Crippen molar-refractivity contribution in [2.45, 2.75) is 0 Å². The van der Waals surface area contributed by atoms with Crippen molar-refractivity contribution in [3.05, 3.63) is 58.7 Å². The zero-order chi connectivity index (χ0) is 20.6. The van der Waals surface area contributed by atoms with Crippen LogP contribution in [0.2, 0.25) is 0 Å². The topological polar surface area (TPSA) is 88.0 Å². The first-order valence-corrected chi connectivity index (χ1v) is 5.82. The molecule has 0 amide bonds. The third kappa shape index (κ3) is 4.51. The van der Waals surface area contributed by atoms with Crippen LogP contribution in [-0.2, 0) is 0 Å². The molecule has 0 aliphatic carbocycles. The molecule has 4 nitrogen and oxygen atoms in total. The van der Waals surface area contributed by atoms with Gasteiger partial charge < -0.3 is 10.2 Å². The molecule has 2 aromatic rings. The number of aliphatic hydroxyl groups excluding tert-OH is 2. The second-order valence-electron chi connectivity index (χ2n) is 3.87. The highest BCUT2D eigenvalue weighted by Gasteiger charge is 2.29. The van der Waals surface area contributed by atoms with E-state index in [2.05, 4.69) is 0 Å². The van der Waals surface area contributed by atoms with Gasteiger partial charge in [0.05, 0.1) is 5.56 Å². The molecule has 2 aromatic carbocycles. The summed E-state index contributed by atoms with van der Waals surface area (Å²) in [5.74, 6) is -17.6. The Bertz CT molecular complexity index is 849. The summed E-state index contributed by atoms with van der Waals surface area (Å²) in [5.41, 5.74) is -2.95. The Morgan fingerprint density at radius 1 is 0.577 bits per heavy atom. The molecule has 0 aliphatic rings. The van der Waals surface area contributed by atoms with Crippen LogP contribution in [-0.4, -0.2) is 10.2 Å². The molecule has 0 saturated heterocycles. The predicted molar refractivity (Wildman–Crippen MR) is 66.6 cm³/mol. The van der Waals surface area contributed by atoms with Crippen molar-refractivity contribution in [3.8, 4) is 23.6 Å². The molecule has 0 radical (unpaired) electrons. The average molecular weight is 384 g/mol. The fourth-order valence-corrected chi connectivity index (χ4v) is 1.56. The van der Waals surface area contributed by atoms with E-state index in [9.17, 15) is 35.1 Å². The summed E-state index contributed by atoms with van der Waals surface area (Å²) in [6.07, 6.45) is 1.50. The van der Waals surface area contributed by atoms with Crippen molar-refractivity contribution in [1.29, 1.82) is 10.5 Å². The van der Waals surface area contributed by atoms with Gasteiger partial charge in [-0.15, -0.1) is 0 Å². The minimum Gasteiger partial charge on any atom is -0.443 e. The Morgan fingerprint density at radius 3 is 1.31 bits per heavy atom. The lowest BCUT2D eigenvalue weighted by Crippen LogP contribution is -2.06. The number of nitrogens with zero attached hydrogens (tertiary/aromatic N) is 2. The second-order valence-corrected chi connectivity index (χ2v) is 3.87. The molecule has 2 N–H and O–H groups in total. The van der Waals surface area contributed by atoms with Crippen LogP contribution in [0.15, 0.2) is 12.1 Å². The zero-order valence-electron chi connectivity index (χ0n) is 12.0. The van der Waals surface area contributed by atoms with Gasteiger partial charge in [0.2, 0.25) is 5.82 Å². The Morgan fingerprint density at radius 2 is 0.923 bits per heavy atom. The van der Waals surface area contributed by atoms with Crippen LogP contribution in [0.3, 0.4) is 0 Å². The SMILES string of the molecule is Fc1ccc(-c2c(F)c(F)c(F)c(F)c2F)c(F)c1F.N#CO.N#CO. The summed E-state index contributed by atoms with van der Waals surface area (Å²) in [6, 6.07) is 0.665. The molecule has 138 valence electrons. The number of halogens is 8. The van der Waals surface area contributed by atoms with E-state index < -0.39 is 57.7 Å². The molecule has 0 unspecified atom stereocenters. The molecule has 0 fully saturated rings. The molecule has 0 spiro atoms. The molecule has 2 rings (SSSR count). The first-order valence-electron chi connectivity index (χ1n) is 5.82. The predicted octanol–water partition coefficient (Wildman–Crippen LogP) is 4.15. The molecule has 0 heterocycles. The van der Waals surface area contributed by atoms with E-state index in [1.807, 2.05) is 0 Å². The van der Waals surface area contributed by atoms with Gasteiger partial charge >= 0.3 is 0 Å². The third-order valence-electron chi connectivity index (χ3n) is 2.51. The van der Waals surface area contributed by atoms with Crippen molar-refractivity contribution in [2.24, 2.45) is 0 Å². The molecule has 26 heavy (non-hydrogen) atoms. The fraction of sp³-hybridized carbons (Fsp3) is 0. The molecule has 0 saturated carbocycles. The van der Waals surface area contributed by atoms with Crippen molar-refractivity contribution in [3.63, 3.8) is 0 Å². The first-order chi connectivity index (χ1) is 12.1. The van der Waals surface area contributed by atoms with Crippen molar-refractivity contribution < 1.29 is 45.3 Å². The monoisotopic (exact) mass is 384 g/mol. The van der Waals surface area contributed by atoms with Crippen LogP contribution >= 0.6 is 0 Å². The van der Waals surface area contributed by atoms with Crippen LogP contribution < -0.4 is 0 Å². The van der Waals surface area contributed by atoms with Gasteiger partial charge in [0.15, 0.2) is 40.7 Å². The largest absolute Gasteiger partial charge is 0.443 e. The van der Waals surface area contributed by atoms with E-state index in [0.29, 0.717) is 12.1 Å². The smallest absolute Gasteiger partial charge is 0.283 e. The highest BCUT2D eigenvalue weighted by Crippen LogP contribution is 2.34. The molecular formula is C14H4F8N2O2. The highest BCUT2D eigenvalue weighted by molar-refractivity contribution is 5.66. The lowest BCUT2D eigenvalue weighted by atomic mass is 10.0. The highest BCUT2D eigenvalue weighted by atomic mass is 19.2. The summed E-state index contributed by atoms with van der Waals surface area (Å²) in [4.78, 5) is 0. The molecular weight excluding hydrogens is 380 g/mol. The molecule has 12 heteroatoms. The van der Waals surface area contributed by atoms with Crippen molar-refractivity contribution in [1.82, 2.24) is 0 Å². The van der Waals surface area contributed by atoms with E-state index in [4.69, 9.17) is 20.7 Å². The number of rotatable bonds is 1. The third-order valence-corrected chi connectivity index (χ3v) is 2.51. The summed E-state index contributed by atoms with van der Waals surface area (Å²) < 4.78 is 105. The Balaban J connectivity index is 0.000000918. The van der Waals surface area contributed by atoms with Gasteiger partial charge in [0, 0.05) is 5.56 Å². The molecule has 0 aliphatic heterocycles. The molecule has 0 atom stereocenters. The van der Waals surface area contributed by atoms with Crippen LogP contribution in [0, 0.1) is 69.6 Å². The quantitative estimate of drug-likeness (QED) is 0.335. The van der Waals surface area contributed by atoms with E-state index >= 15 is 0 Å². The van der Waals surface area contributed by atoms with Crippen LogP contribution in [0.25, 0.3) is 11.1 Å². The normalized spacial score (nSPS) is 9.00. The Kier molecular flexibility index (Phi) is 8.36. The fourth-order valence-electron chi connectivity index (χ4n) is 1.56. The maximum Gasteiger partial charge on any atom is 0.283 e. The van der Waals surface area contributed by atoms with E-state index in [1.165, 1.54) is 0 Å². The van der Waals surface area contributed by atoms with E-state index in [-0.39, 0.29) is 0 Å². The Hall–Kier alpha value is -3.54. The Labute approximate surface area is 139 Å². The van der Waals surface area contributed by atoms with Gasteiger partial charge in [0.25, 0.3) is 12.5 Å². The number of hydrogen-bond acceptors (Lipinski definition) is 4. The lowest BCUT2D eigenvalue weighted by molar-refractivity contribution is 0.380. The lowest BCUT2D eigenvalue weighted by Gasteiger charge is -2.09. The van der Waals surface area contributed by atoms with Crippen molar-refractivity contribution >= 4 is 0 Å². The van der Waals surface area contributed by atoms with Gasteiger partial charge in [-0.05, 0) is 12.1 Å². The maximum absolute atomic E-state index is 13.4. The number of nitriles is 2.